The summed E-state index contributed by atoms with van der Waals surface area (Å²) in [5, 5.41) is 0. The van der Waals surface area contributed by atoms with E-state index < -0.39 is 33.3 Å². The van der Waals surface area contributed by atoms with Crippen LogP contribution in [-0.2, 0) is 17.7 Å². The average molecular weight is 641 g/mol. The van der Waals surface area contributed by atoms with Crippen molar-refractivity contribution in [3.63, 3.8) is 0 Å². The molecule has 0 saturated heterocycles. The topological polar surface area (TPSA) is 36.9 Å². The maximum atomic E-state index is 7.50. The van der Waals surface area contributed by atoms with Crippen molar-refractivity contribution in [3.8, 4) is 0 Å². The molecule has 4 rings (SSSR count). The molecule has 0 bridgehead atoms. The second kappa shape index (κ2) is 11.2. The molecule has 4 nitrogen and oxygen atoms in total. The summed E-state index contributed by atoms with van der Waals surface area (Å²) in [6.45, 7) is 36.2. The fourth-order valence-corrected chi connectivity index (χ4v) is 15.8. The first-order valence-electron chi connectivity index (χ1n) is 17.1. The highest BCUT2D eigenvalue weighted by atomic mass is 28.4. The Morgan fingerprint density at radius 1 is 0.683 bits per heavy atom. The lowest BCUT2D eigenvalue weighted by atomic mass is 9.43. The Morgan fingerprint density at radius 2 is 1.29 bits per heavy atom. The molecule has 240 valence electrons. The van der Waals surface area contributed by atoms with Crippen molar-refractivity contribution >= 4 is 33.3 Å². The highest BCUT2D eigenvalue weighted by Crippen LogP contribution is 2.70. The standard InChI is InChI=1S/C33H68O4Si4/c1-24(34-38(4,5)6)33(37-41(13,14)15)21-19-28-27-17-16-25-22-26(35-39(7,8)9)18-20-31(25,2)30(27)29(23-32(28,33)3)36-40(10,11)12/h24-30H,16-23H2,1-15H3. The van der Waals surface area contributed by atoms with Gasteiger partial charge in [-0.25, -0.2) is 0 Å². The van der Waals surface area contributed by atoms with Crippen LogP contribution in [0.4, 0.5) is 0 Å². The Kier molecular flexibility index (Phi) is 9.44. The molecule has 4 aliphatic carbocycles. The molecule has 0 spiro atoms. The Hall–Kier alpha value is 0.708. The van der Waals surface area contributed by atoms with E-state index in [-0.39, 0.29) is 17.1 Å². The van der Waals surface area contributed by atoms with Crippen LogP contribution in [0.15, 0.2) is 0 Å². The van der Waals surface area contributed by atoms with E-state index >= 15 is 0 Å². The summed E-state index contributed by atoms with van der Waals surface area (Å²) in [5.74, 6) is 2.81. The van der Waals surface area contributed by atoms with Crippen LogP contribution in [0.2, 0.25) is 78.6 Å². The van der Waals surface area contributed by atoms with Gasteiger partial charge in [0.25, 0.3) is 0 Å². The summed E-state index contributed by atoms with van der Waals surface area (Å²) in [6, 6.07) is 0. The van der Waals surface area contributed by atoms with Crippen molar-refractivity contribution in [2.75, 3.05) is 0 Å². The Morgan fingerprint density at radius 3 is 1.83 bits per heavy atom. The molecule has 0 heterocycles. The van der Waals surface area contributed by atoms with Crippen LogP contribution in [0, 0.1) is 34.5 Å². The lowest BCUT2D eigenvalue weighted by Crippen LogP contribution is -2.67. The SMILES string of the molecule is CC(O[Si](C)(C)C)C1(O[Si](C)(C)C)CCC2C3CCC4CC(O[Si](C)(C)C)CCC4(C)C3C(O[Si](C)(C)C)CC21C. The Balaban J connectivity index is 1.75. The molecule has 10 atom stereocenters. The van der Waals surface area contributed by atoms with Crippen LogP contribution < -0.4 is 0 Å². The van der Waals surface area contributed by atoms with Gasteiger partial charge in [-0.15, -0.1) is 0 Å². The van der Waals surface area contributed by atoms with Gasteiger partial charge in [-0.05, 0) is 166 Å². The zero-order valence-electron chi connectivity index (χ0n) is 29.8. The predicted octanol–water partition coefficient (Wildman–Crippen LogP) is 9.91. The molecule has 4 aliphatic rings. The lowest BCUT2D eigenvalue weighted by molar-refractivity contribution is -0.207. The van der Waals surface area contributed by atoms with Crippen molar-refractivity contribution in [1.82, 2.24) is 0 Å². The smallest absolute Gasteiger partial charge is 0.184 e. The van der Waals surface area contributed by atoms with E-state index in [9.17, 15) is 0 Å². The first-order chi connectivity index (χ1) is 18.4. The van der Waals surface area contributed by atoms with Crippen molar-refractivity contribution in [3.05, 3.63) is 0 Å². The predicted molar refractivity (Wildman–Crippen MR) is 185 cm³/mol. The number of hydrogen-bond donors (Lipinski definition) is 0. The van der Waals surface area contributed by atoms with Gasteiger partial charge in [-0.2, -0.15) is 0 Å². The molecule has 0 aromatic rings. The molecule has 0 N–H and O–H groups in total. The molecule has 0 aromatic carbocycles. The molecule has 10 unspecified atom stereocenters. The molecule has 4 fully saturated rings. The summed E-state index contributed by atoms with van der Waals surface area (Å²) in [7, 11) is -6.90. The summed E-state index contributed by atoms with van der Waals surface area (Å²) in [5.41, 5.74) is 0.188. The third-order valence-electron chi connectivity index (χ3n) is 11.4. The minimum absolute atomic E-state index is 0.0686. The van der Waals surface area contributed by atoms with Gasteiger partial charge in [-0.3, -0.25) is 0 Å². The normalized spacial score (nSPS) is 42.8. The van der Waals surface area contributed by atoms with E-state index in [1.807, 2.05) is 0 Å². The Labute approximate surface area is 259 Å². The van der Waals surface area contributed by atoms with Gasteiger partial charge in [0.05, 0.1) is 11.7 Å². The highest BCUT2D eigenvalue weighted by Gasteiger charge is 2.70. The zero-order chi connectivity index (χ0) is 31.0. The summed E-state index contributed by atoms with van der Waals surface area (Å²) in [4.78, 5) is 0. The van der Waals surface area contributed by atoms with E-state index in [1.54, 1.807) is 0 Å². The number of hydrogen-bond acceptors (Lipinski definition) is 4. The van der Waals surface area contributed by atoms with Gasteiger partial charge in [0.1, 0.15) is 0 Å². The average Bonchev–Trinajstić information content (AvgIpc) is 3.02. The van der Waals surface area contributed by atoms with Crippen molar-refractivity contribution < 1.29 is 17.7 Å². The molecule has 4 saturated carbocycles. The first kappa shape index (κ1) is 34.6. The van der Waals surface area contributed by atoms with Crippen LogP contribution in [0.25, 0.3) is 0 Å². The Bertz CT molecular complexity index is 933. The quantitative estimate of drug-likeness (QED) is 0.235. The van der Waals surface area contributed by atoms with Crippen LogP contribution in [0.1, 0.15) is 72.1 Å². The summed E-state index contributed by atoms with van der Waals surface area (Å²) < 4.78 is 28.6. The molecular weight excluding hydrogens is 573 g/mol. The van der Waals surface area contributed by atoms with Crippen molar-refractivity contribution in [1.29, 1.82) is 0 Å². The fraction of sp³-hybridized carbons (Fsp3) is 1.00. The molecule has 0 aliphatic heterocycles. The molecule has 0 amide bonds. The van der Waals surface area contributed by atoms with Gasteiger partial charge >= 0.3 is 0 Å². The first-order valence-corrected chi connectivity index (χ1v) is 30.8. The molecular formula is C33H68O4Si4. The molecule has 8 heteroatoms. The van der Waals surface area contributed by atoms with Crippen LogP contribution in [-0.4, -0.2) is 57.2 Å². The van der Waals surface area contributed by atoms with Gasteiger partial charge in [0, 0.05) is 17.6 Å². The molecule has 0 aromatic heterocycles. The van der Waals surface area contributed by atoms with Crippen molar-refractivity contribution in [2.45, 2.75) is 175 Å². The van der Waals surface area contributed by atoms with Crippen LogP contribution in [0.5, 0.6) is 0 Å². The second-order valence-electron chi connectivity index (χ2n) is 19.1. The van der Waals surface area contributed by atoms with E-state index in [0.29, 0.717) is 29.5 Å². The second-order valence-corrected chi connectivity index (χ2v) is 36.9. The van der Waals surface area contributed by atoms with Crippen LogP contribution in [0.3, 0.4) is 0 Å². The van der Waals surface area contributed by atoms with Gasteiger partial charge in [-0.1, -0.05) is 13.8 Å². The largest absolute Gasteiger partial charge is 0.415 e. The van der Waals surface area contributed by atoms with E-state index in [1.165, 1.54) is 38.5 Å². The van der Waals surface area contributed by atoms with Crippen LogP contribution >= 0.6 is 0 Å². The van der Waals surface area contributed by atoms with Gasteiger partial charge in [0.15, 0.2) is 33.3 Å². The fourth-order valence-electron chi connectivity index (χ4n) is 10.6. The molecule has 0 radical (unpaired) electrons. The summed E-state index contributed by atoms with van der Waals surface area (Å²) >= 11 is 0. The zero-order valence-corrected chi connectivity index (χ0v) is 33.8. The highest BCUT2D eigenvalue weighted by molar-refractivity contribution is 6.71. The monoisotopic (exact) mass is 640 g/mol. The third kappa shape index (κ3) is 7.10. The number of rotatable bonds is 9. The van der Waals surface area contributed by atoms with Gasteiger partial charge in [0.2, 0.25) is 0 Å². The molecule has 41 heavy (non-hydrogen) atoms. The maximum Gasteiger partial charge on any atom is 0.184 e. The van der Waals surface area contributed by atoms with E-state index in [4.69, 9.17) is 17.7 Å². The third-order valence-corrected chi connectivity index (χ3v) is 15.5. The maximum absolute atomic E-state index is 7.50. The van der Waals surface area contributed by atoms with E-state index in [2.05, 4.69) is 99.3 Å². The minimum Gasteiger partial charge on any atom is -0.415 e. The summed E-state index contributed by atoms with van der Waals surface area (Å²) in [6.07, 6.45) is 10.9. The number of fused-ring (bicyclic) bond motifs is 5. The van der Waals surface area contributed by atoms with E-state index in [0.717, 1.165) is 24.7 Å². The van der Waals surface area contributed by atoms with Gasteiger partial charge < -0.3 is 17.7 Å². The van der Waals surface area contributed by atoms with Crippen molar-refractivity contribution in [2.24, 2.45) is 34.5 Å². The lowest BCUT2D eigenvalue weighted by Gasteiger charge is -2.66. The minimum atomic E-state index is -1.85.